The molecule has 4 aromatic carbocycles. The van der Waals surface area contributed by atoms with E-state index in [1.165, 1.54) is 0 Å². The van der Waals surface area contributed by atoms with Gasteiger partial charge in [0.25, 0.3) is 0 Å². The number of hydrogen-bond donors (Lipinski definition) is 1. The molecule has 2 aliphatic heterocycles. The highest BCUT2D eigenvalue weighted by molar-refractivity contribution is 9.10. The number of hydrogen-bond acceptors (Lipinski definition) is 6. The molecule has 0 saturated carbocycles. The summed E-state index contributed by atoms with van der Waals surface area (Å²) in [4.78, 5) is 18.0. The third-order valence-electron chi connectivity index (χ3n) is 9.22. The molecule has 0 bridgehead atoms. The Labute approximate surface area is 344 Å². The van der Waals surface area contributed by atoms with E-state index in [4.69, 9.17) is 22.6 Å². The lowest BCUT2D eigenvalue weighted by atomic mass is 10.0. The predicted molar refractivity (Wildman–Crippen MR) is 232 cm³/mol. The topological polar surface area (TPSA) is 68.2 Å². The first-order valence-electron chi connectivity index (χ1n) is 18.3. The number of rotatable bonds is 7. The van der Waals surface area contributed by atoms with Crippen LogP contribution in [0, 0.1) is 27.0 Å². The Hall–Kier alpha value is -5.71. The molecule has 10 heteroatoms. The SMILES string of the molecule is Cc1ccc(O[C@H]2CCNC2)nc1.Cl.[C-]#[N+]c1cc(-c2ccccc2)ccc1Br.[C-]#[N+]c1cc(-c2ccccc2)ccc1N1CC[C@H](Oc2ccc(C)cn2)C1. The van der Waals surface area contributed by atoms with Crippen LogP contribution < -0.4 is 19.7 Å². The normalized spacial score (nSPS) is 15.4. The molecule has 1 N–H and O–H groups in total. The molecule has 0 unspecified atom stereocenters. The Bertz CT molecular complexity index is 2220. The molecule has 8 rings (SSSR count). The fourth-order valence-corrected chi connectivity index (χ4v) is 6.60. The van der Waals surface area contributed by atoms with Crippen LogP contribution in [0.4, 0.5) is 17.1 Å². The standard InChI is InChI=1S/C23H21N3O.C13H8BrN.C10H14N2O.ClH/c1-17-8-11-23(25-15-17)27-20-12-13-26(16-20)22-10-9-19(14-21(22)24-2)18-6-4-3-5-7-18;1-15-13-9-11(7-8-12(13)14)10-5-3-2-4-6-10;1-8-2-3-10(12-6-8)13-9-4-5-11-7-9;/h3-11,14-15,20H,12-13,16H2,1H3;2-9H;2-3,6,9,11H,4-5,7H2,1H3;1H/t20-;;9-;/m0.0./s1. The third kappa shape index (κ3) is 11.6. The number of aromatic nitrogens is 2. The summed E-state index contributed by atoms with van der Waals surface area (Å²) >= 11 is 3.35. The van der Waals surface area contributed by atoms with Gasteiger partial charge in [0.15, 0.2) is 0 Å². The highest BCUT2D eigenvalue weighted by Gasteiger charge is 2.26. The van der Waals surface area contributed by atoms with Gasteiger partial charge in [0.1, 0.15) is 12.2 Å². The zero-order chi connectivity index (χ0) is 38.4. The minimum absolute atomic E-state index is 0. The summed E-state index contributed by atoms with van der Waals surface area (Å²) in [6.45, 7) is 22.3. The number of pyridine rings is 2. The molecular weight excluding hydrogens is 784 g/mol. The van der Waals surface area contributed by atoms with Crippen LogP contribution in [0.2, 0.25) is 0 Å². The van der Waals surface area contributed by atoms with Crippen LogP contribution in [0.1, 0.15) is 24.0 Å². The van der Waals surface area contributed by atoms with Gasteiger partial charge in [-0.1, -0.05) is 107 Å². The van der Waals surface area contributed by atoms with Crippen LogP contribution in [0.3, 0.4) is 0 Å². The molecular formula is C46H44BrClN6O2. The van der Waals surface area contributed by atoms with E-state index in [2.05, 4.69) is 70.1 Å². The van der Waals surface area contributed by atoms with Crippen LogP contribution in [-0.4, -0.2) is 48.4 Å². The number of benzene rings is 4. The quantitative estimate of drug-likeness (QED) is 0.162. The molecule has 8 nitrogen and oxygen atoms in total. The second-order valence-corrected chi connectivity index (χ2v) is 14.2. The van der Waals surface area contributed by atoms with Crippen molar-refractivity contribution in [2.24, 2.45) is 0 Å². The molecule has 2 aliphatic rings. The van der Waals surface area contributed by atoms with E-state index >= 15 is 0 Å². The maximum absolute atomic E-state index is 7.61. The summed E-state index contributed by atoms with van der Waals surface area (Å²) in [6.07, 6.45) is 6.05. The summed E-state index contributed by atoms with van der Waals surface area (Å²) in [6, 6.07) is 40.0. The van der Waals surface area contributed by atoms with E-state index < -0.39 is 0 Å². The third-order valence-corrected chi connectivity index (χ3v) is 9.89. The van der Waals surface area contributed by atoms with Gasteiger partial charge in [-0.05, 0) is 78.4 Å². The molecule has 2 aromatic heterocycles. The van der Waals surface area contributed by atoms with E-state index in [9.17, 15) is 0 Å². The summed E-state index contributed by atoms with van der Waals surface area (Å²) in [7, 11) is 0. The lowest BCUT2D eigenvalue weighted by molar-refractivity contribution is 0.214. The van der Waals surface area contributed by atoms with Crippen molar-refractivity contribution in [2.75, 3.05) is 31.1 Å². The molecule has 56 heavy (non-hydrogen) atoms. The first-order valence-corrected chi connectivity index (χ1v) is 19.1. The number of anilines is 1. The maximum Gasteiger partial charge on any atom is 0.213 e. The van der Waals surface area contributed by atoms with Crippen LogP contribution in [0.15, 0.2) is 138 Å². The van der Waals surface area contributed by atoms with Gasteiger partial charge < -0.3 is 19.7 Å². The van der Waals surface area contributed by atoms with Gasteiger partial charge in [-0.3, -0.25) is 0 Å². The number of nitrogens with zero attached hydrogens (tertiary/aromatic N) is 5. The van der Waals surface area contributed by atoms with E-state index in [1.807, 2.05) is 123 Å². The van der Waals surface area contributed by atoms with Crippen molar-refractivity contribution in [1.29, 1.82) is 0 Å². The van der Waals surface area contributed by atoms with E-state index in [0.717, 1.165) is 88.4 Å². The summed E-state index contributed by atoms with van der Waals surface area (Å²) < 4.78 is 12.5. The minimum Gasteiger partial charge on any atom is -0.473 e. The van der Waals surface area contributed by atoms with Gasteiger partial charge in [0.05, 0.1) is 19.7 Å². The average molecular weight is 828 g/mol. The monoisotopic (exact) mass is 826 g/mol. The number of aryl methyl sites for hydroxylation is 2. The minimum atomic E-state index is 0. The maximum atomic E-state index is 7.61. The van der Waals surface area contributed by atoms with Crippen LogP contribution >= 0.6 is 28.3 Å². The molecule has 4 heterocycles. The van der Waals surface area contributed by atoms with Crippen molar-refractivity contribution in [3.05, 3.63) is 172 Å². The van der Waals surface area contributed by atoms with Gasteiger partial charge in [0, 0.05) is 54.2 Å². The van der Waals surface area contributed by atoms with Crippen molar-refractivity contribution in [3.8, 4) is 34.0 Å². The average Bonchev–Trinajstić information content (AvgIpc) is 3.93. The smallest absolute Gasteiger partial charge is 0.213 e. The van der Waals surface area contributed by atoms with Crippen molar-refractivity contribution in [2.45, 2.75) is 38.9 Å². The Kier molecular flexibility index (Phi) is 15.4. The molecule has 284 valence electrons. The summed E-state index contributed by atoms with van der Waals surface area (Å²) in [5.74, 6) is 1.40. The second-order valence-electron chi connectivity index (χ2n) is 13.4. The Morgan fingerprint density at radius 3 is 1.73 bits per heavy atom. The lowest BCUT2D eigenvalue weighted by Gasteiger charge is -2.21. The molecule has 2 fully saturated rings. The van der Waals surface area contributed by atoms with Gasteiger partial charge in [-0.2, -0.15) is 0 Å². The van der Waals surface area contributed by atoms with E-state index in [1.54, 1.807) is 0 Å². The van der Waals surface area contributed by atoms with Gasteiger partial charge in [0.2, 0.25) is 23.1 Å². The van der Waals surface area contributed by atoms with Crippen molar-refractivity contribution in [3.63, 3.8) is 0 Å². The van der Waals surface area contributed by atoms with Crippen molar-refractivity contribution in [1.82, 2.24) is 15.3 Å². The summed E-state index contributed by atoms with van der Waals surface area (Å²) in [5, 5.41) is 3.25. The Morgan fingerprint density at radius 2 is 1.21 bits per heavy atom. The van der Waals surface area contributed by atoms with Crippen LogP contribution in [0.25, 0.3) is 31.9 Å². The number of nitrogens with one attached hydrogen (secondary N) is 1. The van der Waals surface area contributed by atoms with Gasteiger partial charge in [-0.15, -0.1) is 12.4 Å². The first kappa shape index (κ1) is 41.5. The van der Waals surface area contributed by atoms with Crippen molar-refractivity contribution < 1.29 is 9.47 Å². The molecule has 2 saturated heterocycles. The summed E-state index contributed by atoms with van der Waals surface area (Å²) in [5.41, 5.74) is 9.00. The number of halogens is 2. The zero-order valence-corrected chi connectivity index (χ0v) is 33.8. The second kappa shape index (κ2) is 20.8. The van der Waals surface area contributed by atoms with E-state index in [-0.39, 0.29) is 18.5 Å². The molecule has 0 spiro atoms. The Balaban J connectivity index is 0.000000175. The van der Waals surface area contributed by atoms with Gasteiger partial charge in [-0.25, -0.2) is 19.7 Å². The van der Waals surface area contributed by atoms with Gasteiger partial charge >= 0.3 is 0 Å². The lowest BCUT2D eigenvalue weighted by Crippen LogP contribution is -2.24. The highest BCUT2D eigenvalue weighted by Crippen LogP contribution is 2.36. The molecule has 6 aromatic rings. The highest BCUT2D eigenvalue weighted by atomic mass is 79.9. The molecule has 0 radical (unpaired) electrons. The Morgan fingerprint density at radius 1 is 0.661 bits per heavy atom. The molecule has 2 atom stereocenters. The largest absolute Gasteiger partial charge is 0.473 e. The first-order chi connectivity index (χ1) is 26.9. The van der Waals surface area contributed by atoms with Crippen LogP contribution in [0.5, 0.6) is 11.8 Å². The fraction of sp³-hybridized carbons (Fsp3) is 0.217. The van der Waals surface area contributed by atoms with Crippen LogP contribution in [-0.2, 0) is 0 Å². The van der Waals surface area contributed by atoms with E-state index in [0.29, 0.717) is 23.4 Å². The molecule has 0 amide bonds. The predicted octanol–water partition coefficient (Wildman–Crippen LogP) is 11.5. The number of ether oxygens (including phenoxy) is 2. The zero-order valence-electron chi connectivity index (χ0n) is 31.4. The fourth-order valence-electron chi connectivity index (χ4n) is 6.26. The molecule has 0 aliphatic carbocycles. The van der Waals surface area contributed by atoms with Crippen molar-refractivity contribution >= 4 is 45.4 Å².